The second kappa shape index (κ2) is 8.37. The SMILES string of the molecule is Cc1cc(C)cc(C(C)NC(=O)N2CCCN(C(=O)C(C)C)CC2)c1. The molecule has 1 aromatic rings. The highest BCUT2D eigenvalue weighted by atomic mass is 16.2. The maximum Gasteiger partial charge on any atom is 0.317 e. The zero-order valence-corrected chi connectivity index (χ0v) is 16.1. The van der Waals surface area contributed by atoms with E-state index in [0.29, 0.717) is 19.6 Å². The van der Waals surface area contributed by atoms with Gasteiger partial charge < -0.3 is 15.1 Å². The largest absolute Gasteiger partial charge is 0.341 e. The Morgan fingerprint density at radius 2 is 1.48 bits per heavy atom. The van der Waals surface area contributed by atoms with Crippen LogP contribution in [0.25, 0.3) is 0 Å². The molecule has 1 N–H and O–H groups in total. The molecule has 138 valence electrons. The molecule has 0 aromatic heterocycles. The van der Waals surface area contributed by atoms with Crippen LogP contribution in [0.3, 0.4) is 0 Å². The first-order valence-corrected chi connectivity index (χ1v) is 9.20. The van der Waals surface area contributed by atoms with Gasteiger partial charge in [0.25, 0.3) is 0 Å². The molecule has 0 aliphatic carbocycles. The lowest BCUT2D eigenvalue weighted by atomic mass is 10.0. The minimum Gasteiger partial charge on any atom is -0.341 e. The predicted molar refractivity (Wildman–Crippen MR) is 100 cm³/mol. The van der Waals surface area contributed by atoms with Gasteiger partial charge in [-0.1, -0.05) is 43.2 Å². The third-order valence-electron chi connectivity index (χ3n) is 4.67. The Kier molecular flexibility index (Phi) is 6.45. The number of nitrogens with zero attached hydrogens (tertiary/aromatic N) is 2. The molecule has 5 nitrogen and oxygen atoms in total. The number of urea groups is 1. The average Bonchev–Trinajstić information content (AvgIpc) is 2.79. The minimum atomic E-state index is -0.0505. The van der Waals surface area contributed by atoms with Gasteiger partial charge in [0.1, 0.15) is 0 Å². The van der Waals surface area contributed by atoms with Crippen molar-refractivity contribution in [2.24, 2.45) is 5.92 Å². The molecule has 0 radical (unpaired) electrons. The molecule has 1 heterocycles. The summed E-state index contributed by atoms with van der Waals surface area (Å²) in [6.45, 7) is 12.6. The number of carbonyl (C=O) groups is 2. The van der Waals surface area contributed by atoms with Gasteiger partial charge in [-0.05, 0) is 32.8 Å². The number of amides is 3. The molecule has 1 fully saturated rings. The van der Waals surface area contributed by atoms with Crippen molar-refractivity contribution >= 4 is 11.9 Å². The highest BCUT2D eigenvalue weighted by Crippen LogP contribution is 2.17. The van der Waals surface area contributed by atoms with Crippen LogP contribution >= 0.6 is 0 Å². The number of aryl methyl sites for hydroxylation is 2. The van der Waals surface area contributed by atoms with Gasteiger partial charge >= 0.3 is 6.03 Å². The standard InChI is InChI=1S/C20H31N3O2/c1-14(2)19(24)22-7-6-8-23(10-9-22)20(25)21-17(5)18-12-15(3)11-16(4)13-18/h11-14,17H,6-10H2,1-5H3,(H,21,25). The normalized spacial score (nSPS) is 16.6. The van der Waals surface area contributed by atoms with Gasteiger partial charge in [-0.2, -0.15) is 0 Å². The Morgan fingerprint density at radius 3 is 2.08 bits per heavy atom. The molecule has 0 saturated carbocycles. The summed E-state index contributed by atoms with van der Waals surface area (Å²) in [6, 6.07) is 6.27. The summed E-state index contributed by atoms with van der Waals surface area (Å²) in [5.74, 6) is 0.177. The van der Waals surface area contributed by atoms with Crippen molar-refractivity contribution < 1.29 is 9.59 Å². The first-order valence-electron chi connectivity index (χ1n) is 9.20. The van der Waals surface area contributed by atoms with Crippen molar-refractivity contribution in [1.29, 1.82) is 0 Å². The topological polar surface area (TPSA) is 52.7 Å². The average molecular weight is 345 g/mol. The summed E-state index contributed by atoms with van der Waals surface area (Å²) in [5.41, 5.74) is 3.53. The molecule has 1 aliphatic heterocycles. The van der Waals surface area contributed by atoms with Crippen molar-refractivity contribution in [2.45, 2.75) is 47.1 Å². The van der Waals surface area contributed by atoms with Crippen molar-refractivity contribution in [3.63, 3.8) is 0 Å². The first kappa shape index (κ1) is 19.3. The fourth-order valence-corrected chi connectivity index (χ4v) is 3.33. The van der Waals surface area contributed by atoms with Crippen molar-refractivity contribution in [3.8, 4) is 0 Å². The first-order chi connectivity index (χ1) is 11.8. The molecular weight excluding hydrogens is 314 g/mol. The van der Waals surface area contributed by atoms with Gasteiger partial charge in [-0.3, -0.25) is 4.79 Å². The van der Waals surface area contributed by atoms with Crippen LogP contribution in [-0.4, -0.2) is 47.9 Å². The second-order valence-corrected chi connectivity index (χ2v) is 7.41. The van der Waals surface area contributed by atoms with Gasteiger partial charge in [-0.15, -0.1) is 0 Å². The second-order valence-electron chi connectivity index (χ2n) is 7.41. The Balaban J connectivity index is 1.95. The lowest BCUT2D eigenvalue weighted by molar-refractivity contribution is -0.134. The molecule has 1 unspecified atom stereocenters. The molecule has 2 rings (SSSR count). The van der Waals surface area contributed by atoms with E-state index in [1.165, 1.54) is 11.1 Å². The Morgan fingerprint density at radius 1 is 0.920 bits per heavy atom. The number of hydrogen-bond donors (Lipinski definition) is 1. The van der Waals surface area contributed by atoms with Gasteiger partial charge in [0.15, 0.2) is 0 Å². The van der Waals surface area contributed by atoms with Gasteiger partial charge in [0, 0.05) is 32.1 Å². The maximum absolute atomic E-state index is 12.6. The van der Waals surface area contributed by atoms with Crippen LogP contribution in [0.15, 0.2) is 18.2 Å². The third kappa shape index (κ3) is 5.21. The zero-order chi connectivity index (χ0) is 18.6. The van der Waals surface area contributed by atoms with Crippen LogP contribution in [0, 0.1) is 19.8 Å². The van der Waals surface area contributed by atoms with E-state index in [-0.39, 0.29) is 23.9 Å². The molecule has 5 heteroatoms. The van der Waals surface area contributed by atoms with E-state index in [0.717, 1.165) is 18.5 Å². The minimum absolute atomic E-state index is 0.00459. The summed E-state index contributed by atoms with van der Waals surface area (Å²) < 4.78 is 0. The number of carbonyl (C=O) groups excluding carboxylic acids is 2. The van der Waals surface area contributed by atoms with E-state index < -0.39 is 0 Å². The molecule has 1 atom stereocenters. The molecule has 0 bridgehead atoms. The molecule has 0 spiro atoms. The molecule has 1 saturated heterocycles. The van der Waals surface area contributed by atoms with Crippen molar-refractivity contribution in [1.82, 2.24) is 15.1 Å². The monoisotopic (exact) mass is 345 g/mol. The number of rotatable bonds is 3. The van der Waals surface area contributed by atoms with E-state index in [1.807, 2.05) is 30.6 Å². The Bertz CT molecular complexity index is 607. The molecule has 1 aliphatic rings. The van der Waals surface area contributed by atoms with E-state index >= 15 is 0 Å². The van der Waals surface area contributed by atoms with Crippen molar-refractivity contribution in [3.05, 3.63) is 34.9 Å². The lowest BCUT2D eigenvalue weighted by Gasteiger charge is -2.25. The summed E-state index contributed by atoms with van der Waals surface area (Å²) in [7, 11) is 0. The zero-order valence-electron chi connectivity index (χ0n) is 16.1. The summed E-state index contributed by atoms with van der Waals surface area (Å²) in [6.07, 6.45) is 0.823. The highest BCUT2D eigenvalue weighted by molar-refractivity contribution is 5.78. The van der Waals surface area contributed by atoms with E-state index in [9.17, 15) is 9.59 Å². The van der Waals surface area contributed by atoms with Crippen LogP contribution in [0.1, 0.15) is 49.9 Å². The third-order valence-corrected chi connectivity index (χ3v) is 4.67. The summed E-state index contributed by atoms with van der Waals surface area (Å²) >= 11 is 0. The molecule has 3 amide bonds. The Hall–Kier alpha value is -2.04. The van der Waals surface area contributed by atoms with E-state index in [2.05, 4.69) is 37.4 Å². The fraction of sp³-hybridized carbons (Fsp3) is 0.600. The van der Waals surface area contributed by atoms with Gasteiger partial charge in [-0.25, -0.2) is 4.79 Å². The maximum atomic E-state index is 12.6. The van der Waals surface area contributed by atoms with E-state index in [1.54, 1.807) is 0 Å². The van der Waals surface area contributed by atoms with Crippen LogP contribution in [0.2, 0.25) is 0 Å². The number of hydrogen-bond acceptors (Lipinski definition) is 2. The predicted octanol–water partition coefficient (Wildman–Crippen LogP) is 3.26. The van der Waals surface area contributed by atoms with Gasteiger partial charge in [0.05, 0.1) is 6.04 Å². The van der Waals surface area contributed by atoms with Crippen LogP contribution in [-0.2, 0) is 4.79 Å². The number of nitrogens with one attached hydrogen (secondary N) is 1. The fourth-order valence-electron chi connectivity index (χ4n) is 3.33. The highest BCUT2D eigenvalue weighted by Gasteiger charge is 2.24. The molecular formula is C20H31N3O2. The van der Waals surface area contributed by atoms with Crippen LogP contribution in [0.4, 0.5) is 4.79 Å². The smallest absolute Gasteiger partial charge is 0.317 e. The van der Waals surface area contributed by atoms with Gasteiger partial charge in [0.2, 0.25) is 5.91 Å². The summed E-state index contributed by atoms with van der Waals surface area (Å²) in [4.78, 5) is 28.5. The quantitative estimate of drug-likeness (QED) is 0.914. The number of benzene rings is 1. The molecule has 1 aromatic carbocycles. The Labute approximate surface area is 151 Å². The van der Waals surface area contributed by atoms with E-state index in [4.69, 9.17) is 0 Å². The lowest BCUT2D eigenvalue weighted by Crippen LogP contribution is -2.43. The van der Waals surface area contributed by atoms with Crippen LogP contribution in [0.5, 0.6) is 0 Å². The summed E-state index contributed by atoms with van der Waals surface area (Å²) in [5, 5.41) is 3.10. The van der Waals surface area contributed by atoms with Crippen molar-refractivity contribution in [2.75, 3.05) is 26.2 Å². The molecule has 25 heavy (non-hydrogen) atoms. The van der Waals surface area contributed by atoms with Crippen LogP contribution < -0.4 is 5.32 Å².